The van der Waals surface area contributed by atoms with Crippen molar-refractivity contribution in [3.63, 3.8) is 0 Å². The van der Waals surface area contributed by atoms with Crippen molar-refractivity contribution in [2.24, 2.45) is 5.10 Å². The van der Waals surface area contributed by atoms with Crippen LogP contribution in [-0.4, -0.2) is 16.4 Å². The number of nitrogens with zero attached hydrogens (tertiary/aromatic N) is 3. The zero-order valence-corrected chi connectivity index (χ0v) is 17.1. The van der Waals surface area contributed by atoms with E-state index >= 15 is 0 Å². The van der Waals surface area contributed by atoms with Crippen LogP contribution < -0.4 is 5.43 Å². The van der Waals surface area contributed by atoms with Crippen molar-refractivity contribution in [3.05, 3.63) is 74.5 Å². The molecule has 0 radical (unpaired) electrons. The number of halogens is 3. The van der Waals surface area contributed by atoms with Gasteiger partial charge in [0.25, 0.3) is 0 Å². The first-order valence-corrected chi connectivity index (χ1v) is 10.0. The topological polar surface area (TPSA) is 63.3 Å². The van der Waals surface area contributed by atoms with Crippen LogP contribution in [0.4, 0.5) is 5.13 Å². The number of rotatable bonds is 5. The van der Waals surface area contributed by atoms with E-state index < -0.39 is 0 Å². The third-order valence-electron chi connectivity index (χ3n) is 3.72. The van der Waals surface area contributed by atoms with Crippen molar-refractivity contribution in [3.8, 4) is 22.7 Å². The fraction of sp³-hybridized carbons (Fsp3) is 0. The lowest BCUT2D eigenvalue weighted by atomic mass is 10.1. The van der Waals surface area contributed by atoms with Crippen LogP contribution in [0.1, 0.15) is 5.56 Å². The van der Waals surface area contributed by atoms with E-state index in [-0.39, 0.29) is 0 Å². The van der Waals surface area contributed by atoms with Crippen LogP contribution in [0.25, 0.3) is 22.7 Å². The first-order chi connectivity index (χ1) is 13.6. The smallest absolute Gasteiger partial charge is 0.203 e. The van der Waals surface area contributed by atoms with Gasteiger partial charge >= 0.3 is 0 Å². The Morgan fingerprint density at radius 2 is 1.75 bits per heavy atom. The summed E-state index contributed by atoms with van der Waals surface area (Å²) >= 11 is 19.4. The van der Waals surface area contributed by atoms with Gasteiger partial charge in [0.05, 0.1) is 11.2 Å². The van der Waals surface area contributed by atoms with Crippen LogP contribution in [0.2, 0.25) is 15.1 Å². The standard InChI is InChI=1S/C19H11Cl3N4OS/c20-12-3-1-11(2-4-12)9-23-25-19-24-17(10-28-19)18-8-16(26-27-18)14-6-5-13(21)7-15(14)22/h1-10H,(H,24,25). The average Bonchev–Trinajstić information content (AvgIpc) is 3.33. The molecule has 0 unspecified atom stereocenters. The molecule has 9 heteroatoms. The number of hydrogen-bond acceptors (Lipinski definition) is 6. The number of benzene rings is 2. The molecule has 2 aromatic heterocycles. The van der Waals surface area contributed by atoms with Gasteiger partial charge in [-0.05, 0) is 35.9 Å². The van der Waals surface area contributed by atoms with E-state index in [1.165, 1.54) is 11.3 Å². The second-order valence-electron chi connectivity index (χ2n) is 5.66. The third kappa shape index (κ3) is 4.36. The average molecular weight is 450 g/mol. The van der Waals surface area contributed by atoms with E-state index in [4.69, 9.17) is 39.3 Å². The minimum Gasteiger partial charge on any atom is -0.354 e. The number of anilines is 1. The lowest BCUT2D eigenvalue weighted by Crippen LogP contribution is -1.89. The Labute approximate surface area is 179 Å². The lowest BCUT2D eigenvalue weighted by molar-refractivity contribution is 0.434. The summed E-state index contributed by atoms with van der Waals surface area (Å²) in [5.74, 6) is 0.534. The number of hydrogen-bond donors (Lipinski definition) is 1. The molecule has 0 aliphatic rings. The quantitative estimate of drug-likeness (QED) is 0.267. The summed E-state index contributed by atoms with van der Waals surface area (Å²) in [4.78, 5) is 4.45. The van der Waals surface area contributed by atoms with E-state index in [0.717, 1.165) is 11.1 Å². The molecule has 0 atom stereocenters. The minimum absolute atomic E-state index is 0.504. The van der Waals surface area contributed by atoms with Gasteiger partial charge in [-0.1, -0.05) is 52.1 Å². The zero-order valence-electron chi connectivity index (χ0n) is 14.1. The molecule has 1 N–H and O–H groups in total. The van der Waals surface area contributed by atoms with Crippen molar-refractivity contribution < 1.29 is 4.52 Å². The summed E-state index contributed by atoms with van der Waals surface area (Å²) in [6.45, 7) is 0. The van der Waals surface area contributed by atoms with Gasteiger partial charge < -0.3 is 4.52 Å². The normalized spacial score (nSPS) is 11.2. The van der Waals surface area contributed by atoms with Crippen LogP contribution in [0.3, 0.4) is 0 Å². The van der Waals surface area contributed by atoms with Gasteiger partial charge in [-0.3, -0.25) is 5.43 Å². The molecule has 0 spiro atoms. The highest BCUT2D eigenvalue weighted by Crippen LogP contribution is 2.33. The molecule has 0 saturated heterocycles. The van der Waals surface area contributed by atoms with Crippen molar-refractivity contribution in [1.29, 1.82) is 0 Å². The Balaban J connectivity index is 1.47. The van der Waals surface area contributed by atoms with Crippen LogP contribution in [0, 0.1) is 0 Å². The SMILES string of the molecule is Clc1ccc(C=NNc2nc(-c3cc(-c4ccc(Cl)cc4Cl)no3)cs2)cc1. The first kappa shape index (κ1) is 19.0. The van der Waals surface area contributed by atoms with Gasteiger partial charge in [0.15, 0.2) is 5.76 Å². The van der Waals surface area contributed by atoms with Gasteiger partial charge in [0.2, 0.25) is 5.13 Å². The number of aromatic nitrogens is 2. The summed E-state index contributed by atoms with van der Waals surface area (Å²) in [5, 5.41) is 12.5. The molecular formula is C19H11Cl3N4OS. The van der Waals surface area contributed by atoms with Gasteiger partial charge in [-0.2, -0.15) is 5.10 Å². The number of hydrazone groups is 1. The molecule has 140 valence electrons. The molecular weight excluding hydrogens is 439 g/mol. The second kappa shape index (κ2) is 8.32. The highest BCUT2D eigenvalue weighted by atomic mass is 35.5. The van der Waals surface area contributed by atoms with Gasteiger partial charge in [0.1, 0.15) is 11.4 Å². The molecule has 28 heavy (non-hydrogen) atoms. The number of thiazole rings is 1. The molecule has 0 amide bonds. The highest BCUT2D eigenvalue weighted by Gasteiger charge is 2.14. The van der Waals surface area contributed by atoms with E-state index in [1.807, 2.05) is 17.5 Å². The van der Waals surface area contributed by atoms with E-state index in [0.29, 0.717) is 37.3 Å². The predicted octanol–water partition coefficient (Wildman–Crippen LogP) is 6.87. The summed E-state index contributed by atoms with van der Waals surface area (Å²) in [6, 6.07) is 14.4. The van der Waals surface area contributed by atoms with E-state index in [9.17, 15) is 0 Å². The molecule has 0 aliphatic heterocycles. The Hall–Kier alpha value is -2.38. The molecule has 4 aromatic rings. The highest BCUT2D eigenvalue weighted by molar-refractivity contribution is 7.14. The van der Waals surface area contributed by atoms with Crippen LogP contribution in [-0.2, 0) is 0 Å². The van der Waals surface area contributed by atoms with Crippen molar-refractivity contribution in [1.82, 2.24) is 10.1 Å². The predicted molar refractivity (Wildman–Crippen MR) is 116 cm³/mol. The largest absolute Gasteiger partial charge is 0.354 e. The summed E-state index contributed by atoms with van der Waals surface area (Å²) in [6.07, 6.45) is 1.69. The lowest BCUT2D eigenvalue weighted by Gasteiger charge is -1.99. The number of nitrogens with one attached hydrogen (secondary N) is 1. The summed E-state index contributed by atoms with van der Waals surface area (Å²) in [7, 11) is 0. The molecule has 4 rings (SSSR count). The minimum atomic E-state index is 0.504. The fourth-order valence-corrected chi connectivity index (χ4v) is 3.65. The molecule has 0 fully saturated rings. The molecule has 0 aliphatic carbocycles. The monoisotopic (exact) mass is 448 g/mol. The van der Waals surface area contributed by atoms with E-state index in [2.05, 4.69) is 20.7 Å². The molecule has 0 saturated carbocycles. The zero-order chi connectivity index (χ0) is 19.5. The van der Waals surface area contributed by atoms with Crippen molar-refractivity contribution in [2.75, 3.05) is 5.43 Å². The van der Waals surface area contributed by atoms with Crippen LogP contribution in [0.5, 0.6) is 0 Å². The second-order valence-corrected chi connectivity index (χ2v) is 7.80. The maximum Gasteiger partial charge on any atom is 0.203 e. The maximum atomic E-state index is 6.23. The fourth-order valence-electron chi connectivity index (χ4n) is 2.37. The first-order valence-electron chi connectivity index (χ1n) is 8.01. The molecule has 5 nitrogen and oxygen atoms in total. The summed E-state index contributed by atoms with van der Waals surface area (Å²) < 4.78 is 5.41. The maximum absolute atomic E-state index is 6.23. The Morgan fingerprint density at radius 1 is 0.964 bits per heavy atom. The van der Waals surface area contributed by atoms with E-state index in [1.54, 1.807) is 42.6 Å². The van der Waals surface area contributed by atoms with Crippen LogP contribution >= 0.6 is 46.1 Å². The van der Waals surface area contributed by atoms with Gasteiger partial charge in [-0.15, -0.1) is 11.3 Å². The van der Waals surface area contributed by atoms with Gasteiger partial charge in [0, 0.05) is 27.1 Å². The Bertz CT molecular complexity index is 1140. The Morgan fingerprint density at radius 3 is 2.54 bits per heavy atom. The molecule has 0 bridgehead atoms. The Kier molecular flexibility index (Phi) is 5.64. The molecule has 2 aromatic carbocycles. The molecule has 2 heterocycles. The summed E-state index contributed by atoms with van der Waals surface area (Å²) in [5.41, 5.74) is 5.82. The van der Waals surface area contributed by atoms with Crippen molar-refractivity contribution in [2.45, 2.75) is 0 Å². The third-order valence-corrected chi connectivity index (χ3v) is 5.26. The van der Waals surface area contributed by atoms with Crippen molar-refractivity contribution >= 4 is 57.5 Å². The van der Waals surface area contributed by atoms with Crippen LogP contribution in [0.15, 0.2) is 63.5 Å². The van der Waals surface area contributed by atoms with Gasteiger partial charge in [-0.25, -0.2) is 4.98 Å².